The lowest BCUT2D eigenvalue weighted by molar-refractivity contribution is -0.134. The number of H-pyrrole nitrogens is 1. The summed E-state index contributed by atoms with van der Waals surface area (Å²) in [6.45, 7) is 4.43. The van der Waals surface area contributed by atoms with Crippen molar-refractivity contribution in [3.63, 3.8) is 0 Å². The molecule has 24 heavy (non-hydrogen) atoms. The fourth-order valence-electron chi connectivity index (χ4n) is 4.38. The quantitative estimate of drug-likeness (QED) is 0.877. The van der Waals surface area contributed by atoms with E-state index in [1.807, 2.05) is 6.07 Å². The lowest BCUT2D eigenvalue weighted by Gasteiger charge is -2.36. The van der Waals surface area contributed by atoms with Crippen molar-refractivity contribution < 1.29 is 4.79 Å². The van der Waals surface area contributed by atoms with Gasteiger partial charge in [-0.1, -0.05) is 25.1 Å². The molecule has 3 nitrogen and oxygen atoms in total. The maximum absolute atomic E-state index is 13.2. The molecule has 128 valence electrons. The Morgan fingerprint density at radius 1 is 1.08 bits per heavy atom. The normalized spacial score (nSPS) is 24.2. The Bertz CT molecular complexity index is 735. The molecule has 0 unspecified atom stereocenters. The monoisotopic (exact) mass is 324 g/mol. The number of para-hydroxylation sites is 1. The van der Waals surface area contributed by atoms with Crippen molar-refractivity contribution in [2.24, 2.45) is 5.92 Å². The smallest absolute Gasteiger partial charge is 0.227 e. The van der Waals surface area contributed by atoms with Gasteiger partial charge in [0.1, 0.15) is 0 Å². The van der Waals surface area contributed by atoms with Crippen LogP contribution in [0.1, 0.15) is 56.7 Å². The predicted molar refractivity (Wildman–Crippen MR) is 98.0 cm³/mol. The van der Waals surface area contributed by atoms with E-state index in [0.717, 1.165) is 17.1 Å². The first-order valence-corrected chi connectivity index (χ1v) is 9.51. The lowest BCUT2D eigenvalue weighted by Crippen LogP contribution is -2.44. The minimum atomic E-state index is 0.338. The molecule has 1 amide bonds. The molecule has 2 aliphatic carbocycles. The fraction of sp³-hybridized carbons (Fsp3) is 0.571. The summed E-state index contributed by atoms with van der Waals surface area (Å²) in [6.07, 6.45) is 7.86. The second-order valence-electron chi connectivity index (χ2n) is 7.90. The zero-order valence-electron chi connectivity index (χ0n) is 14.8. The topological polar surface area (TPSA) is 36.1 Å². The van der Waals surface area contributed by atoms with Crippen LogP contribution in [0.25, 0.3) is 10.9 Å². The molecule has 4 rings (SSSR count). The van der Waals surface area contributed by atoms with Gasteiger partial charge in [-0.25, -0.2) is 0 Å². The van der Waals surface area contributed by atoms with Crippen LogP contribution in [-0.2, 0) is 11.2 Å². The SMILES string of the molecule is Cc1[nH]c2ccccc2c1CC(=O)N(C1CCC(C)CC1)C1CC1. The van der Waals surface area contributed by atoms with E-state index in [0.29, 0.717) is 24.4 Å². The van der Waals surface area contributed by atoms with Gasteiger partial charge in [-0.2, -0.15) is 0 Å². The molecular weight excluding hydrogens is 296 g/mol. The first kappa shape index (κ1) is 15.7. The number of rotatable bonds is 4. The number of fused-ring (bicyclic) bond motifs is 1. The van der Waals surface area contributed by atoms with E-state index in [9.17, 15) is 4.79 Å². The van der Waals surface area contributed by atoms with Gasteiger partial charge in [0, 0.05) is 28.7 Å². The van der Waals surface area contributed by atoms with E-state index in [1.54, 1.807) is 0 Å². The van der Waals surface area contributed by atoms with Crippen LogP contribution < -0.4 is 0 Å². The van der Waals surface area contributed by atoms with Crippen LogP contribution in [0.2, 0.25) is 0 Å². The minimum absolute atomic E-state index is 0.338. The number of nitrogens with zero attached hydrogens (tertiary/aromatic N) is 1. The van der Waals surface area contributed by atoms with Crippen LogP contribution in [0.4, 0.5) is 0 Å². The van der Waals surface area contributed by atoms with Crippen molar-refractivity contribution in [2.75, 3.05) is 0 Å². The molecule has 1 N–H and O–H groups in total. The number of carbonyl (C=O) groups excluding carboxylic acids is 1. The summed E-state index contributed by atoms with van der Waals surface area (Å²) in [5.74, 6) is 1.16. The summed E-state index contributed by atoms with van der Waals surface area (Å²) < 4.78 is 0. The largest absolute Gasteiger partial charge is 0.358 e. The third-order valence-electron chi connectivity index (χ3n) is 5.96. The molecule has 0 bridgehead atoms. The standard InChI is InChI=1S/C21H28N2O/c1-14-7-9-16(10-8-14)23(17-11-12-17)21(24)13-19-15(2)22-20-6-4-3-5-18(19)20/h3-6,14,16-17,22H,7-13H2,1-2H3. The number of nitrogens with one attached hydrogen (secondary N) is 1. The zero-order chi connectivity index (χ0) is 16.7. The molecule has 2 aromatic rings. The Labute approximate surface area is 144 Å². The highest BCUT2D eigenvalue weighted by Gasteiger charge is 2.38. The van der Waals surface area contributed by atoms with Gasteiger partial charge in [-0.3, -0.25) is 4.79 Å². The van der Waals surface area contributed by atoms with Crippen LogP contribution in [0.3, 0.4) is 0 Å². The van der Waals surface area contributed by atoms with Gasteiger partial charge < -0.3 is 9.88 Å². The first-order chi connectivity index (χ1) is 11.6. The van der Waals surface area contributed by atoms with Crippen LogP contribution in [0.5, 0.6) is 0 Å². The molecule has 0 radical (unpaired) electrons. The van der Waals surface area contributed by atoms with Gasteiger partial charge in [-0.05, 0) is 63.0 Å². The van der Waals surface area contributed by atoms with Gasteiger partial charge in [0.2, 0.25) is 5.91 Å². The van der Waals surface area contributed by atoms with E-state index >= 15 is 0 Å². The number of amides is 1. The van der Waals surface area contributed by atoms with Gasteiger partial charge in [-0.15, -0.1) is 0 Å². The Morgan fingerprint density at radius 3 is 2.38 bits per heavy atom. The first-order valence-electron chi connectivity index (χ1n) is 9.51. The molecule has 2 saturated carbocycles. The summed E-state index contributed by atoms with van der Waals surface area (Å²) in [7, 11) is 0. The van der Waals surface area contributed by atoms with E-state index in [-0.39, 0.29) is 0 Å². The molecule has 3 heteroatoms. The van der Waals surface area contributed by atoms with E-state index in [4.69, 9.17) is 0 Å². The van der Waals surface area contributed by atoms with Crippen molar-refractivity contribution in [3.8, 4) is 0 Å². The maximum Gasteiger partial charge on any atom is 0.227 e. The highest BCUT2D eigenvalue weighted by molar-refractivity contribution is 5.90. The predicted octanol–water partition coefficient (Wildman–Crippen LogP) is 4.59. The maximum atomic E-state index is 13.2. The van der Waals surface area contributed by atoms with Crippen molar-refractivity contribution in [3.05, 3.63) is 35.5 Å². The Morgan fingerprint density at radius 2 is 1.71 bits per heavy atom. The highest BCUT2D eigenvalue weighted by atomic mass is 16.2. The number of carbonyl (C=O) groups is 1. The van der Waals surface area contributed by atoms with Gasteiger partial charge in [0.15, 0.2) is 0 Å². The van der Waals surface area contributed by atoms with Crippen molar-refractivity contribution in [1.82, 2.24) is 9.88 Å². The van der Waals surface area contributed by atoms with Crippen molar-refractivity contribution in [1.29, 1.82) is 0 Å². The Kier molecular flexibility index (Phi) is 4.11. The second kappa shape index (κ2) is 6.27. The number of hydrogen-bond donors (Lipinski definition) is 1. The highest BCUT2D eigenvalue weighted by Crippen LogP contribution is 2.36. The van der Waals surface area contributed by atoms with E-state index in [2.05, 4.69) is 41.9 Å². The molecule has 0 saturated heterocycles. The van der Waals surface area contributed by atoms with Gasteiger partial charge in [0.25, 0.3) is 0 Å². The lowest BCUT2D eigenvalue weighted by atomic mass is 9.86. The molecular formula is C21H28N2O. The summed E-state index contributed by atoms with van der Waals surface area (Å²) >= 11 is 0. The van der Waals surface area contributed by atoms with Crippen molar-refractivity contribution >= 4 is 16.8 Å². The Balaban J connectivity index is 1.56. The Hall–Kier alpha value is -1.77. The third kappa shape index (κ3) is 2.97. The van der Waals surface area contributed by atoms with Crippen LogP contribution in [0, 0.1) is 12.8 Å². The van der Waals surface area contributed by atoms with Crippen molar-refractivity contribution in [2.45, 2.75) is 70.9 Å². The van der Waals surface area contributed by atoms with Gasteiger partial charge in [0.05, 0.1) is 6.42 Å². The molecule has 1 aromatic heterocycles. The molecule has 1 heterocycles. The number of benzene rings is 1. The summed E-state index contributed by atoms with van der Waals surface area (Å²) in [5, 5.41) is 1.20. The summed E-state index contributed by atoms with van der Waals surface area (Å²) in [4.78, 5) is 18.9. The van der Waals surface area contributed by atoms with Gasteiger partial charge >= 0.3 is 0 Å². The van der Waals surface area contributed by atoms with Crippen LogP contribution >= 0.6 is 0 Å². The number of aromatic nitrogens is 1. The molecule has 2 fully saturated rings. The average Bonchev–Trinajstić information content (AvgIpc) is 3.35. The molecule has 2 aliphatic rings. The van der Waals surface area contributed by atoms with Crippen LogP contribution in [0.15, 0.2) is 24.3 Å². The molecule has 0 spiro atoms. The third-order valence-corrected chi connectivity index (χ3v) is 5.96. The number of aryl methyl sites for hydroxylation is 1. The fourth-order valence-corrected chi connectivity index (χ4v) is 4.38. The molecule has 0 atom stereocenters. The second-order valence-corrected chi connectivity index (χ2v) is 7.90. The van der Waals surface area contributed by atoms with Crippen LogP contribution in [-0.4, -0.2) is 27.9 Å². The number of aromatic amines is 1. The minimum Gasteiger partial charge on any atom is -0.358 e. The van der Waals surface area contributed by atoms with E-state index in [1.165, 1.54) is 49.5 Å². The average molecular weight is 324 g/mol. The van der Waals surface area contributed by atoms with E-state index < -0.39 is 0 Å². The zero-order valence-corrected chi connectivity index (χ0v) is 14.8. The molecule has 1 aromatic carbocycles. The molecule has 0 aliphatic heterocycles. The number of hydrogen-bond acceptors (Lipinski definition) is 1. The summed E-state index contributed by atoms with van der Waals surface area (Å²) in [6, 6.07) is 9.32. The summed E-state index contributed by atoms with van der Waals surface area (Å²) in [5.41, 5.74) is 3.46.